The molecule has 7 unspecified atom stereocenters. The molecule has 3 fully saturated rings. The maximum atomic E-state index is 13.5. The van der Waals surface area contributed by atoms with Gasteiger partial charge in [-0.3, -0.25) is 9.78 Å². The molecule has 1 amide bonds. The molecule has 0 bridgehead atoms. The van der Waals surface area contributed by atoms with Crippen LogP contribution in [0.15, 0.2) is 59.5 Å². The molecule has 1 aliphatic heterocycles. The molecule has 4 aliphatic rings. The lowest BCUT2D eigenvalue weighted by Crippen LogP contribution is -2.78. The molecule has 2 N–H and O–H groups in total. The number of amides is 1. The van der Waals surface area contributed by atoms with Crippen molar-refractivity contribution >= 4 is 12.1 Å². The first kappa shape index (κ1) is 26.9. The highest BCUT2D eigenvalue weighted by molar-refractivity contribution is 5.92. The van der Waals surface area contributed by atoms with E-state index in [4.69, 9.17) is 10.1 Å². The van der Waals surface area contributed by atoms with Crippen molar-refractivity contribution in [3.63, 3.8) is 0 Å². The molecule has 2 heterocycles. The molecule has 0 spiro atoms. The van der Waals surface area contributed by atoms with E-state index in [-0.39, 0.29) is 28.7 Å². The summed E-state index contributed by atoms with van der Waals surface area (Å²) in [5.41, 5.74) is 4.19. The first-order valence-electron chi connectivity index (χ1n) is 14.6. The van der Waals surface area contributed by atoms with E-state index in [1.807, 2.05) is 24.3 Å². The Morgan fingerprint density at radius 2 is 2.08 bits per heavy atom. The van der Waals surface area contributed by atoms with Crippen LogP contribution in [0.4, 0.5) is 0 Å². The predicted molar refractivity (Wildman–Crippen MR) is 153 cm³/mol. The first-order valence-corrected chi connectivity index (χ1v) is 14.6. The number of hydrogen-bond donors (Lipinski definition) is 2. The minimum atomic E-state index is -0.0843. The summed E-state index contributed by atoms with van der Waals surface area (Å²) in [6.07, 6.45) is 17.3. The average Bonchev–Trinajstić information content (AvgIpc) is 3.01. The minimum absolute atomic E-state index is 0.0451. The van der Waals surface area contributed by atoms with Gasteiger partial charge in [0.1, 0.15) is 0 Å². The molecule has 3 saturated carbocycles. The number of carbonyl (C=O) groups is 1. The molecule has 1 aromatic rings. The molecule has 0 aromatic carbocycles. The van der Waals surface area contributed by atoms with E-state index in [9.17, 15) is 4.79 Å². The van der Waals surface area contributed by atoms with Crippen LogP contribution in [0.5, 0.6) is 0 Å². The van der Waals surface area contributed by atoms with Gasteiger partial charge in [-0.15, -0.1) is 0 Å². The Morgan fingerprint density at radius 3 is 2.82 bits per heavy atom. The largest absolute Gasteiger partial charge is 0.488 e. The maximum Gasteiger partial charge on any atom is 0.286 e. The fraction of sp³-hybridized carbons (Fsp3) is 0.606. The SMILES string of the molecule is C/C(=C/CCC(C)C1=CCCCOC(C(=O)NC2C3(C)CCC4(C)CC2(C)C43)=C1)C(C=N)c1ccccn1. The van der Waals surface area contributed by atoms with Gasteiger partial charge in [0.15, 0.2) is 5.76 Å². The Morgan fingerprint density at radius 1 is 1.26 bits per heavy atom. The summed E-state index contributed by atoms with van der Waals surface area (Å²) in [5, 5.41) is 11.3. The Balaban J connectivity index is 1.23. The molecule has 1 aromatic heterocycles. The molecular formula is C33H45N3O2. The second-order valence-electron chi connectivity index (χ2n) is 13.2. The zero-order valence-corrected chi connectivity index (χ0v) is 23.8. The van der Waals surface area contributed by atoms with Crippen molar-refractivity contribution in [3.8, 4) is 0 Å². The van der Waals surface area contributed by atoms with E-state index < -0.39 is 0 Å². The van der Waals surface area contributed by atoms with Crippen LogP contribution in [0.25, 0.3) is 0 Å². The van der Waals surface area contributed by atoms with Gasteiger partial charge in [0.25, 0.3) is 5.91 Å². The summed E-state index contributed by atoms with van der Waals surface area (Å²) >= 11 is 0. The third kappa shape index (κ3) is 4.46. The van der Waals surface area contributed by atoms with Crippen LogP contribution >= 0.6 is 0 Å². The highest BCUT2D eigenvalue weighted by Gasteiger charge is 2.81. The van der Waals surface area contributed by atoms with E-state index in [2.05, 4.69) is 57.1 Å². The van der Waals surface area contributed by atoms with Gasteiger partial charge in [-0.2, -0.15) is 0 Å². The summed E-state index contributed by atoms with van der Waals surface area (Å²) in [7, 11) is 0. The van der Waals surface area contributed by atoms with Gasteiger partial charge in [0, 0.05) is 18.5 Å². The second-order valence-corrected chi connectivity index (χ2v) is 13.2. The van der Waals surface area contributed by atoms with Crippen molar-refractivity contribution in [1.29, 1.82) is 5.41 Å². The third-order valence-corrected chi connectivity index (χ3v) is 10.4. The lowest BCUT2D eigenvalue weighted by molar-refractivity contribution is -0.258. The molecule has 5 rings (SSSR count). The summed E-state index contributed by atoms with van der Waals surface area (Å²) in [5.74, 6) is 1.39. The number of carbonyl (C=O) groups excluding carboxylic acids is 1. The highest BCUT2D eigenvalue weighted by atomic mass is 16.5. The number of rotatable bonds is 9. The smallest absolute Gasteiger partial charge is 0.286 e. The van der Waals surface area contributed by atoms with Gasteiger partial charge in [-0.25, -0.2) is 0 Å². The zero-order chi connectivity index (χ0) is 27.1. The van der Waals surface area contributed by atoms with E-state index in [0.717, 1.165) is 42.9 Å². The lowest BCUT2D eigenvalue weighted by atomic mass is 9.30. The normalized spacial score (nSPS) is 35.6. The summed E-state index contributed by atoms with van der Waals surface area (Å²) in [6, 6.07) is 6.09. The molecule has 204 valence electrons. The van der Waals surface area contributed by atoms with E-state index in [1.165, 1.54) is 31.1 Å². The fourth-order valence-corrected chi connectivity index (χ4v) is 9.11. The molecule has 0 saturated heterocycles. The molecular weight excluding hydrogens is 470 g/mol. The number of hydrogen-bond acceptors (Lipinski definition) is 4. The number of nitrogens with one attached hydrogen (secondary N) is 2. The Bertz CT molecular complexity index is 1170. The van der Waals surface area contributed by atoms with Crippen LogP contribution in [0.1, 0.15) is 91.2 Å². The number of pyridine rings is 1. The van der Waals surface area contributed by atoms with E-state index in [1.54, 1.807) is 6.20 Å². The van der Waals surface area contributed by atoms with Gasteiger partial charge < -0.3 is 15.5 Å². The van der Waals surface area contributed by atoms with Crippen LogP contribution in [0.2, 0.25) is 0 Å². The van der Waals surface area contributed by atoms with Crippen molar-refractivity contribution in [2.75, 3.05) is 6.61 Å². The maximum absolute atomic E-state index is 13.5. The van der Waals surface area contributed by atoms with Gasteiger partial charge in [-0.1, -0.05) is 51.5 Å². The van der Waals surface area contributed by atoms with Crippen molar-refractivity contribution in [2.45, 2.75) is 91.5 Å². The first-order chi connectivity index (χ1) is 18.1. The standard InChI is InChI=1S/C33H45N3O2/c1-22(11-10-12-23(2)25(20-34)26-14-6-8-17-35-26)24-13-7-9-18-38-27(19-24)28(37)36-30-32(4)16-15-31(3)21-33(30,5)29(31)32/h6,8,12-14,17,19-20,22,25,29-30,34H,7,9-11,15-16,18,21H2,1-5H3,(H,36,37)/b23-12-,24-13?,27-19?,34-20?. The highest BCUT2D eigenvalue weighted by Crippen LogP contribution is 2.83. The monoisotopic (exact) mass is 515 g/mol. The number of aromatic nitrogens is 1. The minimum Gasteiger partial charge on any atom is -0.488 e. The molecule has 3 aliphatic carbocycles. The lowest BCUT2D eigenvalue weighted by Gasteiger charge is -2.76. The molecule has 7 atom stereocenters. The van der Waals surface area contributed by atoms with Crippen LogP contribution in [-0.4, -0.2) is 29.8 Å². The van der Waals surface area contributed by atoms with Gasteiger partial charge in [-0.05, 0) is 104 Å². The number of allylic oxidation sites excluding steroid dienone is 5. The van der Waals surface area contributed by atoms with Crippen LogP contribution in [0, 0.1) is 33.5 Å². The average molecular weight is 516 g/mol. The van der Waals surface area contributed by atoms with Crippen LogP contribution in [0.3, 0.4) is 0 Å². The Hall–Kier alpha value is -2.69. The third-order valence-electron chi connectivity index (χ3n) is 10.4. The van der Waals surface area contributed by atoms with Crippen molar-refractivity contribution in [1.82, 2.24) is 10.3 Å². The molecule has 5 heteroatoms. The zero-order valence-electron chi connectivity index (χ0n) is 23.8. The van der Waals surface area contributed by atoms with Crippen molar-refractivity contribution < 1.29 is 9.53 Å². The summed E-state index contributed by atoms with van der Waals surface area (Å²) in [4.78, 5) is 18.0. The van der Waals surface area contributed by atoms with Gasteiger partial charge in [0.05, 0.1) is 18.2 Å². The topological polar surface area (TPSA) is 75.1 Å². The summed E-state index contributed by atoms with van der Waals surface area (Å²) in [6.45, 7) is 12.1. The van der Waals surface area contributed by atoms with Crippen molar-refractivity contribution in [3.05, 3.63) is 65.2 Å². The van der Waals surface area contributed by atoms with Crippen LogP contribution < -0.4 is 5.32 Å². The van der Waals surface area contributed by atoms with Crippen LogP contribution in [-0.2, 0) is 9.53 Å². The summed E-state index contributed by atoms with van der Waals surface area (Å²) < 4.78 is 6.04. The van der Waals surface area contributed by atoms with Gasteiger partial charge in [0.2, 0.25) is 0 Å². The second kappa shape index (κ2) is 10.1. The number of nitrogens with zero attached hydrogens (tertiary/aromatic N) is 1. The Labute approximate surface area is 228 Å². The van der Waals surface area contributed by atoms with Crippen molar-refractivity contribution in [2.24, 2.45) is 28.1 Å². The molecule has 38 heavy (non-hydrogen) atoms. The Kier molecular flexibility index (Phi) is 7.17. The fourth-order valence-electron chi connectivity index (χ4n) is 9.11. The quantitative estimate of drug-likeness (QED) is 0.271. The predicted octanol–water partition coefficient (Wildman–Crippen LogP) is 7.13. The molecule has 5 nitrogen and oxygen atoms in total. The van der Waals surface area contributed by atoms with E-state index in [0.29, 0.717) is 23.7 Å². The molecule has 0 radical (unpaired) electrons. The van der Waals surface area contributed by atoms with Gasteiger partial charge >= 0.3 is 0 Å². The van der Waals surface area contributed by atoms with E-state index >= 15 is 0 Å². The number of ether oxygens (including phenoxy) is 1.